The molecule has 0 unspecified atom stereocenters. The zero-order valence-corrected chi connectivity index (χ0v) is 9.94. The molecule has 0 amide bonds. The maximum absolute atomic E-state index is 8.91. The molecule has 2 rings (SSSR count). The standard InChI is InChI=1S/C13H8BrNO/c14-11-5-3-6-12(8-11)16-13-7-2-1-4-10(13)9-15/h1-8H. The summed E-state index contributed by atoms with van der Waals surface area (Å²) in [4.78, 5) is 0. The molecule has 0 aromatic heterocycles. The van der Waals surface area contributed by atoms with Gasteiger partial charge in [-0.25, -0.2) is 0 Å². The van der Waals surface area contributed by atoms with E-state index < -0.39 is 0 Å². The van der Waals surface area contributed by atoms with Crippen LogP contribution in [-0.4, -0.2) is 0 Å². The van der Waals surface area contributed by atoms with Gasteiger partial charge in [-0.1, -0.05) is 34.1 Å². The minimum atomic E-state index is 0.530. The molecule has 0 heterocycles. The highest BCUT2D eigenvalue weighted by Crippen LogP contribution is 2.26. The Labute approximate surface area is 102 Å². The molecular weight excluding hydrogens is 266 g/mol. The van der Waals surface area contributed by atoms with Crippen molar-refractivity contribution in [1.29, 1.82) is 5.26 Å². The predicted octanol–water partition coefficient (Wildman–Crippen LogP) is 4.11. The fraction of sp³-hybridized carbons (Fsp3) is 0. The van der Waals surface area contributed by atoms with Crippen molar-refractivity contribution in [2.75, 3.05) is 0 Å². The van der Waals surface area contributed by atoms with Gasteiger partial charge in [0.25, 0.3) is 0 Å². The molecule has 2 aromatic carbocycles. The van der Waals surface area contributed by atoms with Crippen LogP contribution >= 0.6 is 15.9 Å². The Morgan fingerprint density at radius 2 is 1.88 bits per heavy atom. The van der Waals surface area contributed by atoms with E-state index in [0.29, 0.717) is 17.1 Å². The van der Waals surface area contributed by atoms with Crippen LogP contribution in [0.2, 0.25) is 0 Å². The summed E-state index contributed by atoms with van der Waals surface area (Å²) in [5.74, 6) is 1.28. The second-order valence-electron chi connectivity index (χ2n) is 3.17. The molecule has 0 fully saturated rings. The molecule has 0 bridgehead atoms. The molecule has 3 heteroatoms. The first-order valence-electron chi connectivity index (χ1n) is 4.72. The normalized spacial score (nSPS) is 9.50. The molecule has 0 spiro atoms. The predicted molar refractivity (Wildman–Crippen MR) is 65.4 cm³/mol. The summed E-state index contributed by atoms with van der Waals surface area (Å²) in [7, 11) is 0. The summed E-state index contributed by atoms with van der Waals surface area (Å²) in [5, 5.41) is 8.91. The van der Waals surface area contributed by atoms with Gasteiger partial charge in [0.05, 0.1) is 5.56 Å². The molecule has 0 N–H and O–H groups in total. The second kappa shape index (κ2) is 4.82. The third kappa shape index (κ3) is 2.41. The molecule has 0 saturated heterocycles. The van der Waals surface area contributed by atoms with E-state index in [4.69, 9.17) is 10.00 Å². The van der Waals surface area contributed by atoms with E-state index in [9.17, 15) is 0 Å². The monoisotopic (exact) mass is 273 g/mol. The van der Waals surface area contributed by atoms with Crippen molar-refractivity contribution in [2.45, 2.75) is 0 Å². The van der Waals surface area contributed by atoms with Gasteiger partial charge in [0.15, 0.2) is 0 Å². The molecule has 2 aromatic rings. The minimum absolute atomic E-state index is 0.530. The van der Waals surface area contributed by atoms with Crippen molar-refractivity contribution in [1.82, 2.24) is 0 Å². The summed E-state index contributed by atoms with van der Waals surface area (Å²) in [6.07, 6.45) is 0. The van der Waals surface area contributed by atoms with Crippen molar-refractivity contribution in [3.8, 4) is 17.6 Å². The van der Waals surface area contributed by atoms with Gasteiger partial charge in [0.2, 0.25) is 0 Å². The zero-order valence-electron chi connectivity index (χ0n) is 8.35. The first-order valence-corrected chi connectivity index (χ1v) is 5.51. The average Bonchev–Trinajstić information content (AvgIpc) is 2.30. The van der Waals surface area contributed by atoms with Gasteiger partial charge in [0.1, 0.15) is 17.6 Å². The first kappa shape index (κ1) is 10.7. The lowest BCUT2D eigenvalue weighted by molar-refractivity contribution is 0.481. The van der Waals surface area contributed by atoms with E-state index >= 15 is 0 Å². The lowest BCUT2D eigenvalue weighted by Crippen LogP contribution is -1.87. The van der Waals surface area contributed by atoms with Gasteiger partial charge in [0, 0.05) is 4.47 Å². The largest absolute Gasteiger partial charge is 0.456 e. The number of nitriles is 1. The van der Waals surface area contributed by atoms with Crippen molar-refractivity contribution >= 4 is 15.9 Å². The average molecular weight is 274 g/mol. The van der Waals surface area contributed by atoms with Crippen LogP contribution in [0.3, 0.4) is 0 Å². The maximum atomic E-state index is 8.91. The quantitative estimate of drug-likeness (QED) is 0.825. The van der Waals surface area contributed by atoms with E-state index in [1.807, 2.05) is 36.4 Å². The lowest BCUT2D eigenvalue weighted by Gasteiger charge is -2.06. The molecule has 0 atom stereocenters. The molecule has 0 aliphatic rings. The fourth-order valence-corrected chi connectivity index (χ4v) is 1.68. The number of para-hydroxylation sites is 1. The van der Waals surface area contributed by atoms with E-state index in [-0.39, 0.29) is 0 Å². The number of halogens is 1. The Bertz CT molecular complexity index is 546. The van der Waals surface area contributed by atoms with Crippen LogP contribution in [0.1, 0.15) is 5.56 Å². The van der Waals surface area contributed by atoms with Gasteiger partial charge in [-0.05, 0) is 30.3 Å². The third-order valence-electron chi connectivity index (χ3n) is 2.03. The first-order chi connectivity index (χ1) is 7.79. The van der Waals surface area contributed by atoms with Gasteiger partial charge in [-0.3, -0.25) is 0 Å². The van der Waals surface area contributed by atoms with Crippen LogP contribution in [0, 0.1) is 11.3 Å². The number of benzene rings is 2. The van der Waals surface area contributed by atoms with Crippen LogP contribution < -0.4 is 4.74 Å². The number of hydrogen-bond acceptors (Lipinski definition) is 2. The topological polar surface area (TPSA) is 33.0 Å². The van der Waals surface area contributed by atoms with Crippen LogP contribution in [0.5, 0.6) is 11.5 Å². The van der Waals surface area contributed by atoms with E-state index in [2.05, 4.69) is 22.0 Å². The highest BCUT2D eigenvalue weighted by molar-refractivity contribution is 9.10. The number of hydrogen-bond donors (Lipinski definition) is 0. The summed E-state index contributed by atoms with van der Waals surface area (Å²) >= 11 is 3.37. The molecule has 78 valence electrons. The third-order valence-corrected chi connectivity index (χ3v) is 2.52. The van der Waals surface area contributed by atoms with Crippen molar-refractivity contribution in [3.63, 3.8) is 0 Å². The molecule has 0 saturated carbocycles. The molecule has 0 aliphatic carbocycles. The van der Waals surface area contributed by atoms with Crippen molar-refractivity contribution in [2.24, 2.45) is 0 Å². The Morgan fingerprint density at radius 3 is 2.62 bits per heavy atom. The molecule has 16 heavy (non-hydrogen) atoms. The van der Waals surface area contributed by atoms with Gasteiger partial charge >= 0.3 is 0 Å². The Balaban J connectivity index is 2.31. The SMILES string of the molecule is N#Cc1ccccc1Oc1cccc(Br)c1. The Hall–Kier alpha value is -1.79. The van der Waals surface area contributed by atoms with Crippen molar-refractivity contribution < 1.29 is 4.74 Å². The number of rotatable bonds is 2. The van der Waals surface area contributed by atoms with Crippen LogP contribution in [0.25, 0.3) is 0 Å². The summed E-state index contributed by atoms with van der Waals surface area (Å²) in [6.45, 7) is 0. The van der Waals surface area contributed by atoms with Gasteiger partial charge in [-0.2, -0.15) is 5.26 Å². The van der Waals surface area contributed by atoms with Gasteiger partial charge in [-0.15, -0.1) is 0 Å². The Morgan fingerprint density at radius 1 is 1.06 bits per heavy atom. The van der Waals surface area contributed by atoms with Gasteiger partial charge < -0.3 is 4.74 Å². The summed E-state index contributed by atoms with van der Waals surface area (Å²) < 4.78 is 6.57. The smallest absolute Gasteiger partial charge is 0.145 e. The van der Waals surface area contributed by atoms with E-state index in [1.165, 1.54) is 0 Å². The fourth-order valence-electron chi connectivity index (χ4n) is 1.31. The Kier molecular flexibility index (Phi) is 3.23. The van der Waals surface area contributed by atoms with Crippen molar-refractivity contribution in [3.05, 3.63) is 58.6 Å². The summed E-state index contributed by atoms with van der Waals surface area (Å²) in [5.41, 5.74) is 0.530. The summed E-state index contributed by atoms with van der Waals surface area (Å²) in [6, 6.07) is 16.8. The van der Waals surface area contributed by atoms with E-state index in [1.54, 1.807) is 12.1 Å². The molecular formula is C13H8BrNO. The number of nitrogens with zero attached hydrogens (tertiary/aromatic N) is 1. The molecule has 2 nitrogen and oxygen atoms in total. The number of ether oxygens (including phenoxy) is 1. The zero-order chi connectivity index (χ0) is 11.4. The molecule has 0 radical (unpaired) electrons. The molecule has 0 aliphatic heterocycles. The van der Waals surface area contributed by atoms with E-state index in [0.717, 1.165) is 4.47 Å². The minimum Gasteiger partial charge on any atom is -0.456 e. The van der Waals surface area contributed by atoms with Crippen LogP contribution in [0.15, 0.2) is 53.0 Å². The highest BCUT2D eigenvalue weighted by atomic mass is 79.9. The lowest BCUT2D eigenvalue weighted by atomic mass is 10.2. The second-order valence-corrected chi connectivity index (χ2v) is 4.08. The maximum Gasteiger partial charge on any atom is 0.145 e. The van der Waals surface area contributed by atoms with Crippen LogP contribution in [-0.2, 0) is 0 Å². The highest BCUT2D eigenvalue weighted by Gasteiger charge is 2.03. The van der Waals surface area contributed by atoms with Crippen LogP contribution in [0.4, 0.5) is 0 Å².